The number of rotatable bonds is 17. The molecular weight excluding hydrogens is 500 g/mol. The number of benzene rings is 1. The van der Waals surface area contributed by atoms with Gasteiger partial charge in [-0.1, -0.05) is 69.4 Å². The molecule has 1 aromatic rings. The molecule has 0 radical (unpaired) electrons. The van der Waals surface area contributed by atoms with Gasteiger partial charge in [0.05, 0.1) is 12.5 Å². The Morgan fingerprint density at radius 3 is 2.14 bits per heavy atom. The van der Waals surface area contributed by atoms with Crippen LogP contribution < -0.4 is 4.74 Å². The van der Waals surface area contributed by atoms with Crippen molar-refractivity contribution in [2.24, 2.45) is 5.92 Å². The number of aliphatic carboxylic acids is 2. The van der Waals surface area contributed by atoms with E-state index in [1.54, 1.807) is 0 Å². The Balaban J connectivity index is 0.000000371. The topological polar surface area (TPSA) is 147 Å². The summed E-state index contributed by atoms with van der Waals surface area (Å²) >= 11 is 0. The molecule has 37 heavy (non-hydrogen) atoms. The lowest BCUT2D eigenvalue weighted by Crippen LogP contribution is -2.54. The minimum Gasteiger partial charge on any atom is -0.481 e. The first-order chi connectivity index (χ1) is 17.5. The number of hydrogen-bond acceptors (Lipinski definition) is 6. The van der Waals surface area contributed by atoms with Crippen LogP contribution in [0.3, 0.4) is 0 Å². The van der Waals surface area contributed by atoms with Crippen LogP contribution in [0.2, 0.25) is 0 Å². The van der Waals surface area contributed by atoms with Gasteiger partial charge >= 0.3 is 11.9 Å². The maximum atomic E-state index is 11.3. The van der Waals surface area contributed by atoms with Crippen molar-refractivity contribution < 1.29 is 42.2 Å². The highest BCUT2D eigenvalue weighted by molar-refractivity contribution is 7.88. The van der Waals surface area contributed by atoms with E-state index in [-0.39, 0.29) is 5.79 Å². The van der Waals surface area contributed by atoms with Gasteiger partial charge in [-0.3, -0.25) is 14.1 Å². The average Bonchev–Trinajstić information content (AvgIpc) is 2.81. The minimum atomic E-state index is -5.15. The largest absolute Gasteiger partial charge is 0.481 e. The molecule has 3 atom stereocenters. The molecule has 0 spiro atoms. The summed E-state index contributed by atoms with van der Waals surface area (Å²) in [5.41, 5.74) is 0. The molecule has 0 aliphatic carbocycles. The number of carboxylic acid groups (broad SMARTS) is 2. The van der Waals surface area contributed by atoms with Crippen LogP contribution >= 0.6 is 0 Å². The second-order valence-corrected chi connectivity index (χ2v) is 10.7. The fraction of sp³-hybridized carbons (Fsp3) is 0.556. The second-order valence-electron chi connectivity index (χ2n) is 9.02. The monoisotopic (exact) mass is 540 g/mol. The van der Waals surface area contributed by atoms with Crippen molar-refractivity contribution in [3.8, 4) is 5.75 Å². The van der Waals surface area contributed by atoms with E-state index in [1.165, 1.54) is 38.5 Å². The van der Waals surface area contributed by atoms with Gasteiger partial charge in [0.2, 0.25) is 10.5 Å². The van der Waals surface area contributed by atoms with Crippen LogP contribution in [-0.2, 0) is 24.4 Å². The highest BCUT2D eigenvalue weighted by atomic mass is 32.2. The molecule has 0 saturated carbocycles. The Hall–Kier alpha value is -2.69. The number of carboxylic acids is 2. The molecule has 1 saturated heterocycles. The molecule has 1 fully saturated rings. The zero-order chi connectivity index (χ0) is 28.0. The van der Waals surface area contributed by atoms with Gasteiger partial charge in [-0.15, -0.1) is 13.2 Å². The van der Waals surface area contributed by atoms with Crippen molar-refractivity contribution in [2.75, 3.05) is 6.61 Å². The molecule has 9 nitrogen and oxygen atoms in total. The highest BCUT2D eigenvalue weighted by Crippen LogP contribution is 2.35. The summed E-state index contributed by atoms with van der Waals surface area (Å²) in [6, 6.07) is 10.0. The zero-order valence-electron chi connectivity index (χ0n) is 21.5. The fourth-order valence-corrected chi connectivity index (χ4v) is 5.29. The van der Waals surface area contributed by atoms with E-state index in [9.17, 15) is 18.0 Å². The van der Waals surface area contributed by atoms with E-state index in [0.717, 1.165) is 37.4 Å². The van der Waals surface area contributed by atoms with Crippen LogP contribution in [0.25, 0.3) is 0 Å². The van der Waals surface area contributed by atoms with Gasteiger partial charge in [-0.25, -0.2) is 0 Å². The van der Waals surface area contributed by atoms with E-state index in [0.29, 0.717) is 0 Å². The standard InChI is InChI=1S/C17H26O2.C10H14O7S/c1-2-3-4-5-6-10-13-17(14-15-18-17)19-16-11-8-7-9-12-16;1-3-5-7(8(11)12)10(6-4-2,9(13)14)18(15,16)17/h7-9,11-12H,2-6,10,13-15H2,1H3;3-4,7H,1-2,5-6H2,(H,11,12)(H,13,14)(H,15,16,17). The van der Waals surface area contributed by atoms with Crippen LogP contribution in [0, 0.1) is 5.92 Å². The maximum absolute atomic E-state index is 11.3. The van der Waals surface area contributed by atoms with E-state index in [2.05, 4.69) is 20.1 Å². The summed E-state index contributed by atoms with van der Waals surface area (Å²) in [5, 5.41) is 18.0. The van der Waals surface area contributed by atoms with Crippen molar-refractivity contribution in [1.82, 2.24) is 0 Å². The van der Waals surface area contributed by atoms with Crippen molar-refractivity contribution in [1.29, 1.82) is 0 Å². The van der Waals surface area contributed by atoms with Crippen molar-refractivity contribution in [3.63, 3.8) is 0 Å². The molecule has 10 heteroatoms. The molecule has 0 aromatic heterocycles. The molecule has 1 aromatic carbocycles. The summed E-state index contributed by atoms with van der Waals surface area (Å²) < 4.78 is 40.7. The third-order valence-corrected chi connectivity index (χ3v) is 7.89. The first kappa shape index (κ1) is 32.3. The molecule has 1 aliphatic heterocycles. The van der Waals surface area contributed by atoms with Crippen LogP contribution in [0.4, 0.5) is 0 Å². The quantitative estimate of drug-likeness (QED) is 0.133. The number of ether oxygens (including phenoxy) is 2. The molecule has 0 amide bonds. The summed E-state index contributed by atoms with van der Waals surface area (Å²) in [6.07, 6.45) is 10.8. The Labute approximate surface area is 219 Å². The van der Waals surface area contributed by atoms with Gasteiger partial charge in [0.25, 0.3) is 10.1 Å². The van der Waals surface area contributed by atoms with Gasteiger partial charge in [-0.2, -0.15) is 8.42 Å². The summed E-state index contributed by atoms with van der Waals surface area (Å²) in [7, 11) is -5.15. The summed E-state index contributed by atoms with van der Waals surface area (Å²) in [4.78, 5) is 22.2. The zero-order valence-corrected chi connectivity index (χ0v) is 22.3. The van der Waals surface area contributed by atoms with Crippen LogP contribution in [0.15, 0.2) is 55.6 Å². The summed E-state index contributed by atoms with van der Waals surface area (Å²) in [6.45, 7) is 9.52. The predicted octanol–water partition coefficient (Wildman–Crippen LogP) is 5.48. The molecule has 3 N–H and O–H groups in total. The first-order valence-electron chi connectivity index (χ1n) is 12.5. The average molecular weight is 541 g/mol. The van der Waals surface area contributed by atoms with E-state index >= 15 is 0 Å². The fourth-order valence-electron chi connectivity index (χ4n) is 4.18. The second kappa shape index (κ2) is 15.5. The number of allylic oxidation sites excluding steroid dienone is 2. The van der Waals surface area contributed by atoms with Gasteiger partial charge < -0.3 is 19.7 Å². The SMILES string of the molecule is C=CCC(C(=O)O)C(CC=C)(C(=O)O)S(=O)(=O)O.CCCCCCCCC1(Oc2ccccc2)CCO1. The van der Waals surface area contributed by atoms with Gasteiger partial charge in [0, 0.05) is 12.8 Å². The van der Waals surface area contributed by atoms with Gasteiger partial charge in [-0.05, 0) is 31.4 Å². The van der Waals surface area contributed by atoms with Crippen molar-refractivity contribution in [3.05, 3.63) is 55.6 Å². The molecule has 208 valence electrons. The van der Waals surface area contributed by atoms with Crippen LogP contribution in [0.5, 0.6) is 5.75 Å². The Morgan fingerprint density at radius 2 is 1.70 bits per heavy atom. The lowest BCUT2D eigenvalue weighted by atomic mass is 9.86. The summed E-state index contributed by atoms with van der Waals surface area (Å²) in [5.74, 6) is -4.86. The maximum Gasteiger partial charge on any atom is 0.328 e. The van der Waals surface area contributed by atoms with E-state index in [1.807, 2.05) is 30.3 Å². The van der Waals surface area contributed by atoms with Crippen molar-refractivity contribution >= 4 is 22.1 Å². The number of hydrogen-bond donors (Lipinski definition) is 3. The van der Waals surface area contributed by atoms with Gasteiger partial charge in [0.1, 0.15) is 5.75 Å². The molecule has 3 unspecified atom stereocenters. The highest BCUT2D eigenvalue weighted by Gasteiger charge is 2.58. The lowest BCUT2D eigenvalue weighted by molar-refractivity contribution is -0.267. The number of para-hydroxylation sites is 1. The Bertz CT molecular complexity index is 971. The normalized spacial score (nSPS) is 19.2. The number of carbonyl (C=O) groups is 2. The van der Waals surface area contributed by atoms with Crippen LogP contribution in [-0.4, -0.2) is 52.3 Å². The Kier molecular flexibility index (Phi) is 13.6. The van der Waals surface area contributed by atoms with E-state index < -0.39 is 45.6 Å². The molecule has 2 rings (SSSR count). The van der Waals surface area contributed by atoms with Crippen molar-refractivity contribution in [2.45, 2.75) is 81.7 Å². The predicted molar refractivity (Wildman–Crippen MR) is 141 cm³/mol. The van der Waals surface area contributed by atoms with Crippen LogP contribution in [0.1, 0.15) is 71.1 Å². The number of unbranched alkanes of at least 4 members (excludes halogenated alkanes) is 5. The lowest BCUT2D eigenvalue weighted by Gasteiger charge is -2.41. The van der Waals surface area contributed by atoms with Gasteiger partial charge in [0.15, 0.2) is 0 Å². The molecule has 1 aliphatic rings. The molecule has 1 heterocycles. The minimum absolute atomic E-state index is 0.327. The van der Waals surface area contributed by atoms with E-state index in [4.69, 9.17) is 24.2 Å². The smallest absolute Gasteiger partial charge is 0.328 e. The third-order valence-electron chi connectivity index (χ3n) is 6.34. The Morgan fingerprint density at radius 1 is 1.11 bits per heavy atom. The molecule has 0 bridgehead atoms. The first-order valence-corrected chi connectivity index (χ1v) is 14.0. The molecular formula is C27H40O9S. The third kappa shape index (κ3) is 9.28.